The second-order valence-electron chi connectivity index (χ2n) is 7.16. The van der Waals surface area contributed by atoms with Crippen molar-refractivity contribution in [1.29, 1.82) is 0 Å². The van der Waals surface area contributed by atoms with Gasteiger partial charge in [-0.05, 0) is 59.2 Å². The van der Waals surface area contributed by atoms with Crippen LogP contribution in [0.15, 0.2) is 30.3 Å². The molecule has 2 aromatic rings. The lowest BCUT2D eigenvalue weighted by atomic mass is 9.68. The van der Waals surface area contributed by atoms with Crippen molar-refractivity contribution in [2.45, 2.75) is 12.3 Å². The molecule has 1 saturated heterocycles. The fraction of sp³-hybridized carbons (Fsp3) is 0.455. The number of rotatable bonds is 5. The lowest BCUT2D eigenvalue weighted by Crippen LogP contribution is -2.29. The van der Waals surface area contributed by atoms with Crippen LogP contribution in [0.3, 0.4) is 0 Å². The number of hydrogen-bond acceptors (Lipinski definition) is 5. The minimum absolute atomic E-state index is 0.223. The van der Waals surface area contributed by atoms with E-state index in [2.05, 4.69) is 24.3 Å². The van der Waals surface area contributed by atoms with E-state index in [1.165, 1.54) is 16.7 Å². The molecule has 0 radical (unpaired) electrons. The van der Waals surface area contributed by atoms with E-state index in [0.29, 0.717) is 11.8 Å². The topological polar surface area (TPSA) is 46.2 Å². The minimum Gasteiger partial charge on any atom is -0.493 e. The maximum Gasteiger partial charge on any atom is 0.161 e. The highest BCUT2D eigenvalue weighted by molar-refractivity contribution is 5.54. The molecule has 2 aromatic carbocycles. The van der Waals surface area contributed by atoms with E-state index in [9.17, 15) is 0 Å². The van der Waals surface area contributed by atoms with Gasteiger partial charge in [0, 0.05) is 5.92 Å². The van der Waals surface area contributed by atoms with Gasteiger partial charge in [-0.1, -0.05) is 6.07 Å². The Balaban J connectivity index is 1.86. The summed E-state index contributed by atoms with van der Waals surface area (Å²) >= 11 is 0. The van der Waals surface area contributed by atoms with E-state index < -0.39 is 0 Å². The molecule has 144 valence electrons. The van der Waals surface area contributed by atoms with Gasteiger partial charge >= 0.3 is 0 Å². The molecular weight excluding hydrogens is 344 g/mol. The minimum atomic E-state index is 0.223. The predicted molar refractivity (Wildman–Crippen MR) is 102 cm³/mol. The van der Waals surface area contributed by atoms with E-state index >= 15 is 0 Å². The third kappa shape index (κ3) is 3.00. The van der Waals surface area contributed by atoms with E-state index in [-0.39, 0.29) is 5.92 Å². The van der Waals surface area contributed by atoms with Crippen molar-refractivity contribution in [1.82, 2.24) is 0 Å². The zero-order chi connectivity index (χ0) is 19.0. The Morgan fingerprint density at radius 2 is 1.44 bits per heavy atom. The molecule has 1 aliphatic carbocycles. The number of hydrogen-bond donors (Lipinski definition) is 0. The number of benzene rings is 2. The van der Waals surface area contributed by atoms with E-state index in [1.807, 2.05) is 6.07 Å². The van der Waals surface area contributed by atoms with Crippen molar-refractivity contribution < 1.29 is 23.7 Å². The third-order valence-corrected chi connectivity index (χ3v) is 5.91. The summed E-state index contributed by atoms with van der Waals surface area (Å²) in [6.07, 6.45) is 1.00. The van der Waals surface area contributed by atoms with Crippen molar-refractivity contribution in [3.05, 3.63) is 47.0 Å². The van der Waals surface area contributed by atoms with Gasteiger partial charge in [0.05, 0.1) is 41.7 Å². The Labute approximate surface area is 160 Å². The quantitative estimate of drug-likeness (QED) is 0.804. The van der Waals surface area contributed by atoms with Crippen LogP contribution >= 0.6 is 0 Å². The molecule has 3 atom stereocenters. The average Bonchev–Trinajstić information content (AvgIpc) is 3.18. The Bertz CT molecular complexity index is 832. The fourth-order valence-electron chi connectivity index (χ4n) is 4.58. The van der Waals surface area contributed by atoms with Gasteiger partial charge in [0.2, 0.25) is 0 Å². The van der Waals surface area contributed by atoms with Crippen molar-refractivity contribution in [3.8, 4) is 23.0 Å². The normalized spacial score (nSPS) is 23.3. The lowest BCUT2D eigenvalue weighted by Gasteiger charge is -2.35. The summed E-state index contributed by atoms with van der Waals surface area (Å²) in [6, 6.07) is 10.5. The molecule has 27 heavy (non-hydrogen) atoms. The van der Waals surface area contributed by atoms with E-state index in [1.54, 1.807) is 28.4 Å². The van der Waals surface area contributed by atoms with Gasteiger partial charge in [0.1, 0.15) is 0 Å². The molecule has 4 rings (SSSR count). The first-order chi connectivity index (χ1) is 13.2. The molecule has 0 bridgehead atoms. The van der Waals surface area contributed by atoms with Gasteiger partial charge in [-0.25, -0.2) is 0 Å². The lowest BCUT2D eigenvalue weighted by molar-refractivity contribution is 0.179. The summed E-state index contributed by atoms with van der Waals surface area (Å²) in [5, 5.41) is 0. The van der Waals surface area contributed by atoms with E-state index in [0.717, 1.165) is 42.6 Å². The highest BCUT2D eigenvalue weighted by Crippen LogP contribution is 2.50. The van der Waals surface area contributed by atoms with Crippen LogP contribution in [0.4, 0.5) is 0 Å². The highest BCUT2D eigenvalue weighted by atomic mass is 16.5. The Morgan fingerprint density at radius 1 is 0.778 bits per heavy atom. The molecule has 5 heteroatoms. The van der Waals surface area contributed by atoms with Crippen LogP contribution in [-0.4, -0.2) is 41.7 Å². The largest absolute Gasteiger partial charge is 0.493 e. The molecule has 0 saturated carbocycles. The molecule has 0 spiro atoms. The summed E-state index contributed by atoms with van der Waals surface area (Å²) < 4.78 is 27.9. The molecule has 0 aromatic heterocycles. The first kappa shape index (κ1) is 18.0. The van der Waals surface area contributed by atoms with Crippen molar-refractivity contribution in [3.63, 3.8) is 0 Å². The van der Waals surface area contributed by atoms with Gasteiger partial charge < -0.3 is 23.7 Å². The summed E-state index contributed by atoms with van der Waals surface area (Å²) in [7, 11) is 6.69. The van der Waals surface area contributed by atoms with Gasteiger partial charge in [-0.15, -0.1) is 0 Å². The molecule has 0 amide bonds. The first-order valence-corrected chi connectivity index (χ1v) is 9.24. The van der Waals surface area contributed by atoms with Crippen molar-refractivity contribution in [2.75, 3.05) is 41.7 Å². The average molecular weight is 370 g/mol. The summed E-state index contributed by atoms with van der Waals surface area (Å²) in [5.41, 5.74) is 3.80. The van der Waals surface area contributed by atoms with Gasteiger partial charge in [0.25, 0.3) is 0 Å². The first-order valence-electron chi connectivity index (χ1n) is 9.24. The van der Waals surface area contributed by atoms with Gasteiger partial charge in [0.15, 0.2) is 23.0 Å². The van der Waals surface area contributed by atoms with Crippen LogP contribution in [0.2, 0.25) is 0 Å². The standard InChI is InChI=1S/C22H26O5/c1-23-18-6-5-13(8-19(18)24-2)22-16-10-21(26-4)20(25-3)9-14(16)7-15-11-27-12-17(15)22/h5-6,8-10,15,17,22H,7,11-12H2,1-4H3/t15-,17-,22-/m0/s1. The molecule has 2 aliphatic rings. The van der Waals surface area contributed by atoms with Crippen LogP contribution in [0.1, 0.15) is 22.6 Å². The SMILES string of the molecule is COc1ccc([C@H]2c3cc(OC)c(OC)cc3C[C@H]3COC[C@@H]32)cc1OC. The Morgan fingerprint density at radius 3 is 2.15 bits per heavy atom. The molecule has 0 unspecified atom stereocenters. The second kappa shape index (κ2) is 7.31. The molecule has 1 heterocycles. The van der Waals surface area contributed by atoms with Crippen LogP contribution in [0.25, 0.3) is 0 Å². The summed E-state index contributed by atoms with van der Waals surface area (Å²) in [6.45, 7) is 1.58. The van der Waals surface area contributed by atoms with Crippen molar-refractivity contribution >= 4 is 0 Å². The maximum atomic E-state index is 5.87. The molecule has 0 N–H and O–H groups in total. The van der Waals surface area contributed by atoms with Crippen LogP contribution < -0.4 is 18.9 Å². The Kier molecular flexibility index (Phi) is 4.87. The van der Waals surface area contributed by atoms with Gasteiger partial charge in [-0.3, -0.25) is 0 Å². The zero-order valence-electron chi connectivity index (χ0n) is 16.3. The van der Waals surface area contributed by atoms with Gasteiger partial charge in [-0.2, -0.15) is 0 Å². The van der Waals surface area contributed by atoms with Crippen LogP contribution in [0.5, 0.6) is 23.0 Å². The van der Waals surface area contributed by atoms with E-state index in [4.69, 9.17) is 23.7 Å². The molecule has 1 fully saturated rings. The summed E-state index contributed by atoms with van der Waals surface area (Å²) in [4.78, 5) is 0. The number of methoxy groups -OCH3 is 4. The zero-order valence-corrected chi connectivity index (χ0v) is 16.3. The highest BCUT2D eigenvalue weighted by Gasteiger charge is 2.42. The second-order valence-corrected chi connectivity index (χ2v) is 7.16. The predicted octanol–water partition coefficient (Wildman–Crippen LogP) is 3.67. The number of ether oxygens (including phenoxy) is 5. The van der Waals surface area contributed by atoms with Crippen LogP contribution in [-0.2, 0) is 11.2 Å². The molecule has 5 nitrogen and oxygen atoms in total. The smallest absolute Gasteiger partial charge is 0.161 e. The fourth-order valence-corrected chi connectivity index (χ4v) is 4.58. The summed E-state index contributed by atoms with van der Waals surface area (Å²) in [5.74, 6) is 4.20. The number of fused-ring (bicyclic) bond motifs is 2. The molecular formula is C22H26O5. The third-order valence-electron chi connectivity index (χ3n) is 5.91. The van der Waals surface area contributed by atoms with Crippen LogP contribution in [0, 0.1) is 11.8 Å². The van der Waals surface area contributed by atoms with Crippen molar-refractivity contribution in [2.24, 2.45) is 11.8 Å². The monoisotopic (exact) mass is 370 g/mol. The molecule has 1 aliphatic heterocycles. The maximum absolute atomic E-state index is 5.87. The Hall–Kier alpha value is -2.40.